The number of fused-ring (bicyclic) bond motifs is 5. The number of morpholine rings is 1. The van der Waals surface area contributed by atoms with Gasteiger partial charge in [0.1, 0.15) is 16.9 Å². The van der Waals surface area contributed by atoms with E-state index in [9.17, 15) is 4.79 Å². The Labute approximate surface area is 137 Å². The minimum atomic E-state index is -0.242. The number of hydrogen-bond acceptors (Lipinski definition) is 6. The SMILES string of the molecule is O=c1nc2cn[nH]c2c2n1C1C=CC(CN3CCOCC3)=CC1N2. The number of rotatable bonds is 2. The van der Waals surface area contributed by atoms with Crippen molar-refractivity contribution in [1.29, 1.82) is 0 Å². The number of H-pyrrole nitrogens is 1. The van der Waals surface area contributed by atoms with Crippen molar-refractivity contribution >= 4 is 16.9 Å². The molecular weight excluding hydrogens is 308 g/mol. The predicted octanol–water partition coefficient (Wildman–Crippen LogP) is 0.283. The molecule has 3 aliphatic rings. The van der Waals surface area contributed by atoms with Crippen molar-refractivity contribution < 1.29 is 4.74 Å². The molecule has 1 fully saturated rings. The molecule has 2 atom stereocenters. The summed E-state index contributed by atoms with van der Waals surface area (Å²) in [6.45, 7) is 4.43. The maximum Gasteiger partial charge on any atom is 0.350 e. The van der Waals surface area contributed by atoms with Crippen LogP contribution >= 0.6 is 0 Å². The van der Waals surface area contributed by atoms with Crippen molar-refractivity contribution in [2.75, 3.05) is 38.2 Å². The van der Waals surface area contributed by atoms with Gasteiger partial charge >= 0.3 is 5.69 Å². The van der Waals surface area contributed by atoms with Crippen LogP contribution in [0.2, 0.25) is 0 Å². The van der Waals surface area contributed by atoms with Gasteiger partial charge in [-0.05, 0) is 5.57 Å². The van der Waals surface area contributed by atoms with Crippen LogP contribution in [0.1, 0.15) is 6.04 Å². The second kappa shape index (κ2) is 5.29. The van der Waals surface area contributed by atoms with Gasteiger partial charge in [-0.2, -0.15) is 10.1 Å². The number of aromatic amines is 1. The minimum absolute atomic E-state index is 0.0406. The third kappa shape index (κ3) is 2.10. The summed E-state index contributed by atoms with van der Waals surface area (Å²) in [6.07, 6.45) is 8.01. The molecule has 2 aromatic heterocycles. The first kappa shape index (κ1) is 13.9. The maximum atomic E-state index is 12.4. The Bertz CT molecular complexity index is 905. The van der Waals surface area contributed by atoms with Crippen molar-refractivity contribution in [3.05, 3.63) is 40.5 Å². The van der Waals surface area contributed by atoms with Gasteiger partial charge < -0.3 is 10.1 Å². The van der Waals surface area contributed by atoms with Crippen LogP contribution in [-0.4, -0.2) is 63.5 Å². The van der Waals surface area contributed by atoms with Crippen molar-refractivity contribution in [1.82, 2.24) is 24.6 Å². The van der Waals surface area contributed by atoms with E-state index in [4.69, 9.17) is 4.74 Å². The van der Waals surface area contributed by atoms with E-state index in [2.05, 4.69) is 43.6 Å². The molecule has 4 heterocycles. The number of hydrogen-bond donors (Lipinski definition) is 2. The zero-order valence-electron chi connectivity index (χ0n) is 13.1. The van der Waals surface area contributed by atoms with E-state index in [-0.39, 0.29) is 17.8 Å². The molecule has 2 aliphatic heterocycles. The number of anilines is 1. The Kier molecular flexibility index (Phi) is 3.07. The normalized spacial score (nSPS) is 26.1. The van der Waals surface area contributed by atoms with Gasteiger partial charge in [0.25, 0.3) is 0 Å². The number of ether oxygens (including phenoxy) is 1. The van der Waals surface area contributed by atoms with Crippen LogP contribution in [0.4, 0.5) is 5.82 Å². The standard InChI is InChI=1S/C16H18N6O2/c23-16-19-12-8-17-20-14(12)15-18-11-7-10(1-2-13(11)22(15)16)9-21-3-5-24-6-4-21/h1-2,7-8,11,13,18,20H,3-6,9H2. The molecule has 0 aromatic carbocycles. The van der Waals surface area contributed by atoms with Gasteiger partial charge in [0.05, 0.1) is 31.5 Å². The molecule has 0 radical (unpaired) electrons. The van der Waals surface area contributed by atoms with Crippen molar-refractivity contribution in [3.8, 4) is 0 Å². The lowest BCUT2D eigenvalue weighted by molar-refractivity contribution is 0.0425. The van der Waals surface area contributed by atoms with Crippen molar-refractivity contribution in [2.45, 2.75) is 12.1 Å². The molecule has 0 saturated carbocycles. The van der Waals surface area contributed by atoms with Gasteiger partial charge in [0, 0.05) is 19.6 Å². The first-order valence-corrected chi connectivity index (χ1v) is 8.21. The molecule has 24 heavy (non-hydrogen) atoms. The van der Waals surface area contributed by atoms with E-state index >= 15 is 0 Å². The van der Waals surface area contributed by atoms with Gasteiger partial charge in [-0.3, -0.25) is 14.6 Å². The monoisotopic (exact) mass is 326 g/mol. The van der Waals surface area contributed by atoms with E-state index < -0.39 is 0 Å². The number of nitrogens with zero attached hydrogens (tertiary/aromatic N) is 4. The molecule has 0 spiro atoms. The van der Waals surface area contributed by atoms with Crippen LogP contribution in [0.3, 0.4) is 0 Å². The Morgan fingerprint density at radius 2 is 2.21 bits per heavy atom. The highest BCUT2D eigenvalue weighted by atomic mass is 16.5. The highest BCUT2D eigenvalue weighted by Gasteiger charge is 2.34. The van der Waals surface area contributed by atoms with E-state index in [1.807, 2.05) is 0 Å². The van der Waals surface area contributed by atoms with Crippen LogP contribution in [-0.2, 0) is 4.74 Å². The number of aromatic nitrogens is 4. The first-order chi connectivity index (χ1) is 11.8. The molecule has 2 aromatic rings. The summed E-state index contributed by atoms with van der Waals surface area (Å²) in [5.41, 5.74) is 2.40. The van der Waals surface area contributed by atoms with Crippen molar-refractivity contribution in [2.24, 2.45) is 0 Å². The molecule has 5 rings (SSSR count). The average molecular weight is 326 g/mol. The summed E-state index contributed by atoms with van der Waals surface area (Å²) in [5, 5.41) is 10.4. The molecule has 1 saturated heterocycles. The smallest absolute Gasteiger partial charge is 0.350 e. The van der Waals surface area contributed by atoms with Gasteiger partial charge in [-0.1, -0.05) is 18.2 Å². The topological polar surface area (TPSA) is 88.1 Å². The fourth-order valence-corrected chi connectivity index (χ4v) is 3.71. The highest BCUT2D eigenvalue weighted by molar-refractivity contribution is 5.86. The summed E-state index contributed by atoms with van der Waals surface area (Å²) in [7, 11) is 0. The second-order valence-corrected chi connectivity index (χ2v) is 6.39. The molecule has 0 amide bonds. The molecule has 2 N–H and O–H groups in total. The summed E-state index contributed by atoms with van der Waals surface area (Å²) < 4.78 is 7.11. The van der Waals surface area contributed by atoms with Crippen LogP contribution < -0.4 is 11.0 Å². The van der Waals surface area contributed by atoms with Crippen LogP contribution in [0.15, 0.2) is 34.8 Å². The number of nitrogens with one attached hydrogen (secondary N) is 2. The lowest BCUT2D eigenvalue weighted by Gasteiger charge is -2.28. The third-order valence-corrected chi connectivity index (χ3v) is 4.90. The van der Waals surface area contributed by atoms with Gasteiger partial charge in [-0.15, -0.1) is 0 Å². The van der Waals surface area contributed by atoms with Crippen molar-refractivity contribution in [3.63, 3.8) is 0 Å². The zero-order valence-corrected chi connectivity index (χ0v) is 13.1. The summed E-state index contributed by atoms with van der Waals surface area (Å²) in [4.78, 5) is 18.9. The van der Waals surface area contributed by atoms with Crippen LogP contribution in [0.5, 0.6) is 0 Å². The zero-order chi connectivity index (χ0) is 16.1. The van der Waals surface area contributed by atoms with E-state index in [1.54, 1.807) is 10.8 Å². The Morgan fingerprint density at radius 3 is 3.08 bits per heavy atom. The Hall–Kier alpha value is -2.45. The molecule has 1 aliphatic carbocycles. The fraction of sp³-hybridized carbons (Fsp3) is 0.438. The lowest BCUT2D eigenvalue weighted by atomic mass is 9.98. The van der Waals surface area contributed by atoms with Crippen LogP contribution in [0.25, 0.3) is 11.0 Å². The van der Waals surface area contributed by atoms with E-state index in [0.717, 1.165) is 44.2 Å². The maximum absolute atomic E-state index is 12.4. The first-order valence-electron chi connectivity index (χ1n) is 8.21. The summed E-state index contributed by atoms with van der Waals surface area (Å²) >= 11 is 0. The minimum Gasteiger partial charge on any atom is -0.379 e. The Balaban J connectivity index is 1.46. The van der Waals surface area contributed by atoms with Gasteiger partial charge in [0.15, 0.2) is 0 Å². The van der Waals surface area contributed by atoms with Crippen LogP contribution in [0, 0.1) is 0 Å². The second-order valence-electron chi connectivity index (χ2n) is 6.39. The Morgan fingerprint density at radius 1 is 1.33 bits per heavy atom. The highest BCUT2D eigenvalue weighted by Crippen LogP contribution is 2.34. The molecule has 8 nitrogen and oxygen atoms in total. The van der Waals surface area contributed by atoms with E-state index in [1.165, 1.54) is 5.57 Å². The lowest BCUT2D eigenvalue weighted by Crippen LogP contribution is -2.38. The average Bonchev–Trinajstić information content (AvgIpc) is 3.19. The molecule has 2 unspecified atom stereocenters. The van der Waals surface area contributed by atoms with Gasteiger partial charge in [-0.25, -0.2) is 4.79 Å². The summed E-state index contributed by atoms with van der Waals surface area (Å²) in [5.74, 6) is 0.769. The molecule has 8 heteroatoms. The molecule has 124 valence electrons. The molecule has 0 bridgehead atoms. The largest absolute Gasteiger partial charge is 0.379 e. The van der Waals surface area contributed by atoms with E-state index in [0.29, 0.717) is 5.52 Å². The third-order valence-electron chi connectivity index (χ3n) is 4.90. The fourth-order valence-electron chi connectivity index (χ4n) is 3.71. The van der Waals surface area contributed by atoms with Gasteiger partial charge in [0.2, 0.25) is 0 Å². The quantitative estimate of drug-likeness (QED) is 0.824. The summed E-state index contributed by atoms with van der Waals surface area (Å²) in [6, 6.07) is 0.0237. The predicted molar refractivity (Wildman–Crippen MR) is 89.1 cm³/mol. The molecular formula is C16H18N6O2.